The SMILES string of the molecule is Cc1cc(C)c(S(=O)(=O)N2CCCC2C(=O)Nc2nnc(C)s2)c(C)c1. The number of sulfonamides is 1. The summed E-state index contributed by atoms with van der Waals surface area (Å²) in [5, 5.41) is 11.6. The molecule has 2 aromatic rings. The van der Waals surface area contributed by atoms with E-state index < -0.39 is 16.1 Å². The van der Waals surface area contributed by atoms with Crippen molar-refractivity contribution in [3.63, 3.8) is 0 Å². The monoisotopic (exact) mass is 394 g/mol. The van der Waals surface area contributed by atoms with Crippen LogP contribution in [0.15, 0.2) is 17.0 Å². The van der Waals surface area contributed by atoms with Gasteiger partial charge in [-0.25, -0.2) is 8.42 Å². The largest absolute Gasteiger partial charge is 0.299 e. The van der Waals surface area contributed by atoms with Gasteiger partial charge in [-0.2, -0.15) is 4.31 Å². The molecule has 0 spiro atoms. The van der Waals surface area contributed by atoms with Crippen LogP contribution in [0, 0.1) is 27.7 Å². The Morgan fingerprint density at radius 3 is 2.42 bits per heavy atom. The molecule has 140 valence electrons. The number of carbonyl (C=O) groups excluding carboxylic acids is 1. The van der Waals surface area contributed by atoms with E-state index in [4.69, 9.17) is 0 Å². The molecule has 2 heterocycles. The topological polar surface area (TPSA) is 92.3 Å². The number of hydrogen-bond donors (Lipinski definition) is 1. The number of benzene rings is 1. The van der Waals surface area contributed by atoms with E-state index in [1.165, 1.54) is 15.6 Å². The summed E-state index contributed by atoms with van der Waals surface area (Å²) >= 11 is 1.26. The lowest BCUT2D eigenvalue weighted by Crippen LogP contribution is -2.43. The van der Waals surface area contributed by atoms with E-state index in [0.29, 0.717) is 40.5 Å². The number of anilines is 1. The molecule has 3 rings (SSSR count). The highest BCUT2D eigenvalue weighted by atomic mass is 32.2. The zero-order valence-electron chi connectivity index (χ0n) is 15.2. The van der Waals surface area contributed by atoms with Crippen LogP contribution in [0.3, 0.4) is 0 Å². The van der Waals surface area contributed by atoms with Crippen molar-refractivity contribution in [2.24, 2.45) is 0 Å². The normalized spacial score (nSPS) is 18.2. The summed E-state index contributed by atoms with van der Waals surface area (Å²) in [6, 6.07) is 2.98. The molecule has 1 aromatic heterocycles. The van der Waals surface area contributed by atoms with Crippen molar-refractivity contribution in [2.75, 3.05) is 11.9 Å². The predicted molar refractivity (Wildman–Crippen MR) is 101 cm³/mol. The number of rotatable bonds is 4. The summed E-state index contributed by atoms with van der Waals surface area (Å²) in [5.41, 5.74) is 2.42. The van der Waals surface area contributed by atoms with E-state index in [0.717, 1.165) is 10.6 Å². The van der Waals surface area contributed by atoms with E-state index in [1.54, 1.807) is 20.8 Å². The molecule has 1 atom stereocenters. The van der Waals surface area contributed by atoms with Gasteiger partial charge >= 0.3 is 0 Å². The van der Waals surface area contributed by atoms with Crippen LogP contribution in [0.2, 0.25) is 0 Å². The molecule has 1 fully saturated rings. The van der Waals surface area contributed by atoms with Crippen molar-refractivity contribution < 1.29 is 13.2 Å². The standard InChI is InChI=1S/C17H22N4O3S2/c1-10-8-11(2)15(12(3)9-10)26(23,24)21-7-5-6-14(21)16(22)18-17-20-19-13(4)25-17/h8-9,14H,5-7H2,1-4H3,(H,18,20,22). The Morgan fingerprint density at radius 1 is 1.19 bits per heavy atom. The zero-order chi connectivity index (χ0) is 19.1. The first-order valence-electron chi connectivity index (χ1n) is 8.41. The fourth-order valence-corrected chi connectivity index (χ4v) is 6.18. The minimum atomic E-state index is -3.76. The first kappa shape index (κ1) is 18.9. The second-order valence-electron chi connectivity index (χ2n) is 6.62. The molecule has 0 radical (unpaired) electrons. The highest BCUT2D eigenvalue weighted by Crippen LogP contribution is 2.31. The summed E-state index contributed by atoms with van der Waals surface area (Å²) in [4.78, 5) is 13.0. The van der Waals surface area contributed by atoms with Gasteiger partial charge in [0.1, 0.15) is 11.0 Å². The molecule has 1 saturated heterocycles. The number of nitrogens with zero attached hydrogens (tertiary/aromatic N) is 3. The van der Waals surface area contributed by atoms with Crippen molar-refractivity contribution in [3.05, 3.63) is 33.8 Å². The molecule has 1 N–H and O–H groups in total. The van der Waals surface area contributed by atoms with E-state index in [2.05, 4.69) is 15.5 Å². The Hall–Kier alpha value is -1.84. The van der Waals surface area contributed by atoms with Gasteiger partial charge in [0.25, 0.3) is 0 Å². The third kappa shape index (κ3) is 3.51. The number of nitrogens with one attached hydrogen (secondary N) is 1. The van der Waals surface area contributed by atoms with E-state index in [9.17, 15) is 13.2 Å². The maximum atomic E-state index is 13.3. The van der Waals surface area contributed by atoms with Gasteiger partial charge in [-0.15, -0.1) is 10.2 Å². The van der Waals surface area contributed by atoms with Gasteiger partial charge in [0, 0.05) is 6.54 Å². The van der Waals surface area contributed by atoms with E-state index in [-0.39, 0.29) is 5.91 Å². The number of hydrogen-bond acceptors (Lipinski definition) is 6. The third-order valence-electron chi connectivity index (χ3n) is 4.43. The quantitative estimate of drug-likeness (QED) is 0.860. The van der Waals surface area contributed by atoms with Crippen LogP contribution in [0.25, 0.3) is 0 Å². The Kier molecular flexibility index (Phi) is 5.14. The molecule has 1 aliphatic heterocycles. The highest BCUT2D eigenvalue weighted by Gasteiger charge is 2.40. The van der Waals surface area contributed by atoms with Gasteiger partial charge in [-0.1, -0.05) is 29.0 Å². The van der Waals surface area contributed by atoms with Crippen LogP contribution < -0.4 is 5.32 Å². The van der Waals surface area contributed by atoms with Gasteiger partial charge in [-0.05, 0) is 51.7 Å². The molecule has 0 aliphatic carbocycles. The molecule has 0 bridgehead atoms. The summed E-state index contributed by atoms with van der Waals surface area (Å²) < 4.78 is 27.9. The van der Waals surface area contributed by atoms with Crippen LogP contribution in [0.5, 0.6) is 0 Å². The van der Waals surface area contributed by atoms with Crippen molar-refractivity contribution in [3.8, 4) is 0 Å². The van der Waals surface area contributed by atoms with Crippen LogP contribution in [-0.2, 0) is 14.8 Å². The summed E-state index contributed by atoms with van der Waals surface area (Å²) in [6.07, 6.45) is 1.14. The molecule has 26 heavy (non-hydrogen) atoms. The van der Waals surface area contributed by atoms with Crippen molar-refractivity contribution >= 4 is 32.4 Å². The molecule has 1 unspecified atom stereocenters. The number of carbonyl (C=O) groups is 1. The first-order chi connectivity index (χ1) is 12.2. The molecule has 9 heteroatoms. The Balaban J connectivity index is 1.90. The summed E-state index contributed by atoms with van der Waals surface area (Å²) in [5.74, 6) is -0.357. The average molecular weight is 395 g/mol. The Bertz CT molecular complexity index is 930. The average Bonchev–Trinajstić information content (AvgIpc) is 3.15. The third-order valence-corrected chi connectivity index (χ3v) is 7.40. The number of aromatic nitrogens is 2. The lowest BCUT2D eigenvalue weighted by Gasteiger charge is -2.25. The molecule has 1 amide bonds. The minimum Gasteiger partial charge on any atom is -0.299 e. The Labute approximate surface area is 157 Å². The van der Waals surface area contributed by atoms with Crippen LogP contribution in [-0.4, -0.2) is 41.4 Å². The van der Waals surface area contributed by atoms with Gasteiger partial charge in [0.05, 0.1) is 4.90 Å². The highest BCUT2D eigenvalue weighted by molar-refractivity contribution is 7.89. The molecule has 1 aromatic carbocycles. The maximum Gasteiger partial charge on any atom is 0.244 e. The van der Waals surface area contributed by atoms with Crippen LogP contribution in [0.1, 0.15) is 34.5 Å². The van der Waals surface area contributed by atoms with Crippen LogP contribution >= 0.6 is 11.3 Å². The van der Waals surface area contributed by atoms with Crippen molar-refractivity contribution in [1.82, 2.24) is 14.5 Å². The van der Waals surface area contributed by atoms with E-state index >= 15 is 0 Å². The molecule has 0 saturated carbocycles. The Morgan fingerprint density at radius 2 is 1.85 bits per heavy atom. The molecule has 7 nitrogen and oxygen atoms in total. The summed E-state index contributed by atoms with van der Waals surface area (Å²) in [7, 11) is -3.76. The fraction of sp³-hybridized carbons (Fsp3) is 0.471. The lowest BCUT2D eigenvalue weighted by atomic mass is 10.1. The minimum absolute atomic E-state index is 0.301. The van der Waals surface area contributed by atoms with Crippen molar-refractivity contribution in [2.45, 2.75) is 51.5 Å². The van der Waals surface area contributed by atoms with E-state index in [1.807, 2.05) is 19.1 Å². The van der Waals surface area contributed by atoms with Crippen LogP contribution in [0.4, 0.5) is 5.13 Å². The fourth-order valence-electron chi connectivity index (χ4n) is 3.52. The van der Waals surface area contributed by atoms with Gasteiger partial charge in [-0.3, -0.25) is 10.1 Å². The second kappa shape index (κ2) is 7.05. The molecule has 1 aliphatic rings. The summed E-state index contributed by atoms with van der Waals surface area (Å²) in [6.45, 7) is 7.65. The molecular weight excluding hydrogens is 372 g/mol. The van der Waals surface area contributed by atoms with Gasteiger partial charge < -0.3 is 0 Å². The number of amides is 1. The smallest absolute Gasteiger partial charge is 0.244 e. The van der Waals surface area contributed by atoms with Gasteiger partial charge in [0.15, 0.2) is 0 Å². The predicted octanol–water partition coefficient (Wildman–Crippen LogP) is 2.56. The van der Waals surface area contributed by atoms with Crippen molar-refractivity contribution in [1.29, 1.82) is 0 Å². The second-order valence-corrected chi connectivity index (χ2v) is 9.63. The number of aryl methyl sites for hydroxylation is 4. The zero-order valence-corrected chi connectivity index (χ0v) is 16.9. The lowest BCUT2D eigenvalue weighted by molar-refractivity contribution is -0.119. The first-order valence-corrected chi connectivity index (χ1v) is 10.7. The maximum absolute atomic E-state index is 13.3. The molecular formula is C17H22N4O3S2. The van der Waals surface area contributed by atoms with Gasteiger partial charge in [0.2, 0.25) is 21.1 Å².